The molecule has 0 heterocycles. The van der Waals surface area contributed by atoms with Crippen molar-refractivity contribution in [2.45, 2.75) is 38.1 Å². The Hall–Kier alpha value is -0.830. The molecule has 3 N–H and O–H groups in total. The van der Waals surface area contributed by atoms with Crippen LogP contribution in [0, 0.1) is 5.41 Å². The number of aliphatic carboxylic acids is 1. The molecule has 0 saturated heterocycles. The van der Waals surface area contributed by atoms with Crippen molar-refractivity contribution in [3.05, 3.63) is 12.7 Å². The molecule has 0 unspecified atom stereocenters. The van der Waals surface area contributed by atoms with Crippen LogP contribution in [0.15, 0.2) is 12.7 Å². The molecule has 0 spiro atoms. The first-order valence-corrected chi connectivity index (χ1v) is 4.73. The number of rotatable bonds is 3. The van der Waals surface area contributed by atoms with Gasteiger partial charge in [-0.05, 0) is 19.3 Å². The zero-order valence-electron chi connectivity index (χ0n) is 7.83. The van der Waals surface area contributed by atoms with Gasteiger partial charge in [0.2, 0.25) is 0 Å². The summed E-state index contributed by atoms with van der Waals surface area (Å²) in [5, 5.41) is 9.16. The summed E-state index contributed by atoms with van der Waals surface area (Å²) in [4.78, 5) is 11.1. The van der Waals surface area contributed by atoms with E-state index in [1.54, 1.807) is 6.08 Å². The second-order valence-corrected chi connectivity index (χ2v) is 3.81. The molecule has 0 aromatic heterocycles. The van der Waals surface area contributed by atoms with Crippen molar-refractivity contribution in [1.82, 2.24) is 0 Å². The Labute approximate surface area is 78.6 Å². The van der Waals surface area contributed by atoms with Gasteiger partial charge >= 0.3 is 5.97 Å². The number of carbonyl (C=O) groups is 1. The van der Waals surface area contributed by atoms with E-state index in [1.165, 1.54) is 0 Å². The highest BCUT2D eigenvalue weighted by Crippen LogP contribution is 2.38. The molecule has 1 saturated carbocycles. The largest absolute Gasteiger partial charge is 0.481 e. The van der Waals surface area contributed by atoms with E-state index in [4.69, 9.17) is 10.8 Å². The van der Waals surface area contributed by atoms with Crippen LogP contribution < -0.4 is 5.73 Å². The van der Waals surface area contributed by atoms with Gasteiger partial charge in [0.1, 0.15) is 0 Å². The van der Waals surface area contributed by atoms with Crippen molar-refractivity contribution in [3.8, 4) is 0 Å². The lowest BCUT2D eigenvalue weighted by Crippen LogP contribution is -2.49. The van der Waals surface area contributed by atoms with Crippen LogP contribution in [0.4, 0.5) is 0 Å². The molecular weight excluding hydrogens is 166 g/mol. The zero-order valence-corrected chi connectivity index (χ0v) is 7.83. The Bertz CT molecular complexity index is 215. The topological polar surface area (TPSA) is 63.3 Å². The summed E-state index contributed by atoms with van der Waals surface area (Å²) in [5.41, 5.74) is 5.14. The number of hydrogen-bond donors (Lipinski definition) is 2. The molecule has 1 aliphatic carbocycles. The van der Waals surface area contributed by atoms with E-state index < -0.39 is 11.4 Å². The normalized spacial score (nSPS) is 34.1. The van der Waals surface area contributed by atoms with Crippen molar-refractivity contribution >= 4 is 5.97 Å². The Morgan fingerprint density at radius 1 is 1.69 bits per heavy atom. The lowest BCUT2D eigenvalue weighted by atomic mass is 9.68. The summed E-state index contributed by atoms with van der Waals surface area (Å²) >= 11 is 0. The van der Waals surface area contributed by atoms with Crippen LogP contribution in [0.1, 0.15) is 32.1 Å². The van der Waals surface area contributed by atoms with E-state index in [-0.39, 0.29) is 6.04 Å². The van der Waals surface area contributed by atoms with Crippen LogP contribution in [0.5, 0.6) is 0 Å². The average Bonchev–Trinajstić information content (AvgIpc) is 2.09. The quantitative estimate of drug-likeness (QED) is 0.652. The van der Waals surface area contributed by atoms with E-state index in [0.717, 1.165) is 19.3 Å². The maximum absolute atomic E-state index is 11.1. The molecule has 0 bridgehead atoms. The molecule has 3 heteroatoms. The first kappa shape index (κ1) is 10.3. The highest BCUT2D eigenvalue weighted by Gasteiger charge is 2.44. The Morgan fingerprint density at radius 2 is 2.38 bits per heavy atom. The van der Waals surface area contributed by atoms with Gasteiger partial charge in [-0.2, -0.15) is 0 Å². The summed E-state index contributed by atoms with van der Waals surface area (Å²) in [5.74, 6) is -0.764. The Morgan fingerprint density at radius 3 is 2.85 bits per heavy atom. The van der Waals surface area contributed by atoms with Crippen molar-refractivity contribution in [3.63, 3.8) is 0 Å². The molecular formula is C10H17NO2. The highest BCUT2D eigenvalue weighted by molar-refractivity contribution is 5.76. The molecule has 3 nitrogen and oxygen atoms in total. The predicted molar refractivity (Wildman–Crippen MR) is 51.3 cm³/mol. The van der Waals surface area contributed by atoms with Gasteiger partial charge in [-0.1, -0.05) is 18.9 Å². The van der Waals surface area contributed by atoms with Crippen molar-refractivity contribution < 1.29 is 9.90 Å². The summed E-state index contributed by atoms with van der Waals surface area (Å²) in [6.45, 7) is 3.60. The van der Waals surface area contributed by atoms with E-state index in [9.17, 15) is 4.79 Å². The monoisotopic (exact) mass is 183 g/mol. The van der Waals surface area contributed by atoms with E-state index in [2.05, 4.69) is 6.58 Å². The van der Waals surface area contributed by atoms with Gasteiger partial charge in [0.05, 0.1) is 5.41 Å². The molecule has 1 rings (SSSR count). The molecule has 13 heavy (non-hydrogen) atoms. The standard InChI is InChI=1S/C10H17NO2/c1-2-6-10(9(12)13)7-4-3-5-8(10)11/h2,8H,1,3-7,11H2,(H,12,13)/t8-,10+/m0/s1. The third-order valence-corrected chi connectivity index (χ3v) is 3.03. The number of hydrogen-bond acceptors (Lipinski definition) is 2. The van der Waals surface area contributed by atoms with Gasteiger partial charge < -0.3 is 10.8 Å². The lowest BCUT2D eigenvalue weighted by Gasteiger charge is -2.38. The minimum atomic E-state index is -0.764. The molecule has 1 aliphatic rings. The maximum atomic E-state index is 11.1. The van der Waals surface area contributed by atoms with Gasteiger partial charge in [-0.25, -0.2) is 0 Å². The van der Waals surface area contributed by atoms with Crippen LogP contribution in [-0.4, -0.2) is 17.1 Å². The zero-order chi connectivity index (χ0) is 9.90. The number of carboxylic acid groups (broad SMARTS) is 1. The van der Waals surface area contributed by atoms with Crippen LogP contribution in [0.3, 0.4) is 0 Å². The minimum Gasteiger partial charge on any atom is -0.481 e. The third kappa shape index (κ3) is 1.75. The number of carboxylic acids is 1. The molecule has 0 amide bonds. The number of nitrogens with two attached hydrogens (primary N) is 1. The first-order valence-electron chi connectivity index (χ1n) is 4.73. The summed E-state index contributed by atoms with van der Waals surface area (Å²) in [6, 6.07) is -0.211. The van der Waals surface area contributed by atoms with E-state index in [1.807, 2.05) is 0 Å². The van der Waals surface area contributed by atoms with Crippen molar-refractivity contribution in [2.75, 3.05) is 0 Å². The molecule has 0 aromatic carbocycles. The van der Waals surface area contributed by atoms with Gasteiger partial charge in [0.25, 0.3) is 0 Å². The smallest absolute Gasteiger partial charge is 0.311 e. The van der Waals surface area contributed by atoms with E-state index in [0.29, 0.717) is 12.8 Å². The fourth-order valence-electron chi connectivity index (χ4n) is 2.13. The molecule has 0 aromatic rings. The summed E-state index contributed by atoms with van der Waals surface area (Å²) < 4.78 is 0. The second-order valence-electron chi connectivity index (χ2n) is 3.81. The molecule has 0 radical (unpaired) electrons. The Balaban J connectivity index is 2.85. The SMILES string of the molecule is C=CC[C@@]1(C(=O)O)CCCC[C@@H]1N. The van der Waals surface area contributed by atoms with Crippen molar-refractivity contribution in [1.29, 1.82) is 0 Å². The van der Waals surface area contributed by atoms with E-state index >= 15 is 0 Å². The molecule has 1 fully saturated rings. The summed E-state index contributed by atoms with van der Waals surface area (Å²) in [6.07, 6.45) is 5.68. The molecule has 74 valence electrons. The maximum Gasteiger partial charge on any atom is 0.311 e. The van der Waals surface area contributed by atoms with Gasteiger partial charge in [-0.3, -0.25) is 4.79 Å². The molecule has 0 aliphatic heterocycles. The number of allylic oxidation sites excluding steroid dienone is 1. The van der Waals surface area contributed by atoms with Crippen LogP contribution in [0.2, 0.25) is 0 Å². The van der Waals surface area contributed by atoms with Crippen LogP contribution in [0.25, 0.3) is 0 Å². The Kier molecular flexibility index (Phi) is 3.09. The van der Waals surface area contributed by atoms with Crippen LogP contribution >= 0.6 is 0 Å². The third-order valence-electron chi connectivity index (χ3n) is 3.03. The molecule has 2 atom stereocenters. The second kappa shape index (κ2) is 3.92. The average molecular weight is 183 g/mol. The van der Waals surface area contributed by atoms with Gasteiger partial charge in [0.15, 0.2) is 0 Å². The first-order chi connectivity index (χ1) is 6.13. The fourth-order valence-corrected chi connectivity index (χ4v) is 2.13. The predicted octanol–water partition coefficient (Wildman–Crippen LogP) is 1.53. The van der Waals surface area contributed by atoms with Gasteiger partial charge in [-0.15, -0.1) is 6.58 Å². The van der Waals surface area contributed by atoms with Gasteiger partial charge in [0, 0.05) is 6.04 Å². The lowest BCUT2D eigenvalue weighted by molar-refractivity contribution is -0.152. The minimum absolute atomic E-state index is 0.211. The fraction of sp³-hybridized carbons (Fsp3) is 0.700. The summed E-state index contributed by atoms with van der Waals surface area (Å²) in [7, 11) is 0. The van der Waals surface area contributed by atoms with Crippen molar-refractivity contribution in [2.24, 2.45) is 11.1 Å². The van der Waals surface area contributed by atoms with Crippen LogP contribution in [-0.2, 0) is 4.79 Å². The highest BCUT2D eigenvalue weighted by atomic mass is 16.4.